The number of hydrogen-bond donors (Lipinski definition) is 7. The minimum Gasteiger partial charge on any atom is -0.550 e. The standard InChI is InChI=1S/C29H40N6O6.C2H4O2/c1-17(2)13-23(26(31)38)35-29(41)24(15-19-7-5-4-6-8-19)34-25(37)16-32-27(39)18(3)33-28(40)22(30)14-20-9-11-21(36)12-10-20;1-2(3)4/h4-12,17-18,22-24,36H,13-16,30H2,1-3H3,(H2,31,38)(H,32,39)(H,33,40)(H,34,37)(H,35,41);1H3,(H,3,4). The maximum Gasteiger partial charge on any atom is 0.279 e. The summed E-state index contributed by atoms with van der Waals surface area (Å²) in [6, 6.07) is 11.8. The monoisotopic (exact) mass is 628 g/mol. The second-order valence-electron chi connectivity index (χ2n) is 10.9. The van der Waals surface area contributed by atoms with Crippen LogP contribution in [0.25, 0.3) is 0 Å². The molecule has 10 N–H and O–H groups in total. The summed E-state index contributed by atoms with van der Waals surface area (Å²) in [6.45, 7) is 5.79. The Balaban J connectivity index is 0.00000238. The van der Waals surface area contributed by atoms with Gasteiger partial charge in [-0.1, -0.05) is 56.3 Å². The lowest BCUT2D eigenvalue weighted by atomic mass is 10.0. The lowest BCUT2D eigenvalue weighted by Gasteiger charge is -2.23. The summed E-state index contributed by atoms with van der Waals surface area (Å²) >= 11 is 0. The molecule has 0 aliphatic carbocycles. The van der Waals surface area contributed by atoms with Gasteiger partial charge in [-0.15, -0.1) is 0 Å². The number of phenols is 1. The minimum atomic E-state index is -1.08. The Bertz CT molecular complexity index is 1280. The Morgan fingerprint density at radius 3 is 1.89 bits per heavy atom. The predicted octanol–water partition coefficient (Wildman–Crippen LogP) is -2.33. The Hall–Kier alpha value is -4.98. The first-order valence-electron chi connectivity index (χ1n) is 14.4. The van der Waals surface area contributed by atoms with E-state index < -0.39 is 66.2 Å². The van der Waals surface area contributed by atoms with Crippen molar-refractivity contribution in [3.63, 3.8) is 0 Å². The number of carbonyl (C=O) groups excluding carboxylic acids is 6. The van der Waals surface area contributed by atoms with Crippen LogP contribution < -0.4 is 37.8 Å². The molecular formula is C31H44N6O8. The van der Waals surface area contributed by atoms with Gasteiger partial charge in [0.2, 0.25) is 23.6 Å². The number of quaternary nitrogens is 1. The molecule has 0 bridgehead atoms. The molecule has 14 heteroatoms. The van der Waals surface area contributed by atoms with E-state index >= 15 is 0 Å². The molecule has 246 valence electrons. The molecule has 0 aliphatic heterocycles. The van der Waals surface area contributed by atoms with Gasteiger partial charge in [0.1, 0.15) is 23.9 Å². The Kier molecular flexibility index (Phi) is 16.3. The van der Waals surface area contributed by atoms with Crippen molar-refractivity contribution in [2.75, 3.05) is 6.54 Å². The fourth-order valence-electron chi connectivity index (χ4n) is 4.02. The quantitative estimate of drug-likeness (QED) is 0.112. The normalized spacial score (nSPS) is 13.1. The molecule has 45 heavy (non-hydrogen) atoms. The van der Waals surface area contributed by atoms with Crippen molar-refractivity contribution < 1.29 is 44.7 Å². The van der Waals surface area contributed by atoms with E-state index in [9.17, 15) is 29.1 Å². The van der Waals surface area contributed by atoms with Crippen molar-refractivity contribution in [2.24, 2.45) is 11.7 Å². The minimum absolute atomic E-state index is 0.0965. The van der Waals surface area contributed by atoms with Crippen LogP contribution >= 0.6 is 0 Å². The molecule has 2 rings (SSSR count). The third-order valence-corrected chi connectivity index (χ3v) is 6.27. The van der Waals surface area contributed by atoms with Gasteiger partial charge in [0.25, 0.3) is 5.91 Å². The molecule has 4 atom stereocenters. The number of carbonyl (C=O) groups is 6. The first-order valence-corrected chi connectivity index (χ1v) is 14.4. The van der Waals surface area contributed by atoms with Crippen LogP contribution in [0.1, 0.15) is 45.2 Å². The number of hydrogen-bond acceptors (Lipinski definition) is 8. The van der Waals surface area contributed by atoms with E-state index in [1.54, 1.807) is 36.4 Å². The summed E-state index contributed by atoms with van der Waals surface area (Å²) < 4.78 is 0. The third-order valence-electron chi connectivity index (χ3n) is 6.27. The highest BCUT2D eigenvalue weighted by Gasteiger charge is 2.27. The first-order chi connectivity index (χ1) is 21.1. The molecule has 0 aromatic heterocycles. The molecule has 0 spiro atoms. The van der Waals surface area contributed by atoms with Gasteiger partial charge >= 0.3 is 0 Å². The number of nitrogens with one attached hydrogen (secondary N) is 4. The fourth-order valence-corrected chi connectivity index (χ4v) is 4.02. The van der Waals surface area contributed by atoms with Crippen LogP contribution in [0.3, 0.4) is 0 Å². The summed E-state index contributed by atoms with van der Waals surface area (Å²) in [5.41, 5.74) is 10.9. The summed E-state index contributed by atoms with van der Waals surface area (Å²) in [4.78, 5) is 71.6. The van der Waals surface area contributed by atoms with E-state index in [1.165, 1.54) is 19.1 Å². The van der Waals surface area contributed by atoms with E-state index in [0.717, 1.165) is 18.1 Å². The lowest BCUT2D eigenvalue weighted by Crippen LogP contribution is -2.69. The highest BCUT2D eigenvalue weighted by atomic mass is 16.4. The Labute approximate surface area is 262 Å². The zero-order chi connectivity index (χ0) is 34.1. The van der Waals surface area contributed by atoms with Gasteiger partial charge in [-0.25, -0.2) is 0 Å². The Morgan fingerprint density at radius 2 is 1.36 bits per heavy atom. The molecule has 5 amide bonds. The van der Waals surface area contributed by atoms with Crippen LogP contribution in [0.5, 0.6) is 5.75 Å². The van der Waals surface area contributed by atoms with Gasteiger partial charge < -0.3 is 47.7 Å². The molecule has 0 heterocycles. The topological polar surface area (TPSA) is 247 Å². The van der Waals surface area contributed by atoms with Crippen LogP contribution in [-0.2, 0) is 41.6 Å². The summed E-state index contributed by atoms with van der Waals surface area (Å²) in [6.07, 6.45) is 0.801. The van der Waals surface area contributed by atoms with E-state index in [-0.39, 0.29) is 18.1 Å². The van der Waals surface area contributed by atoms with Crippen LogP contribution in [-0.4, -0.2) is 71.3 Å². The number of aliphatic carboxylic acids is 1. The number of primary amides is 1. The van der Waals surface area contributed by atoms with E-state index in [0.29, 0.717) is 12.8 Å². The number of rotatable bonds is 15. The smallest absolute Gasteiger partial charge is 0.279 e. The van der Waals surface area contributed by atoms with Crippen molar-refractivity contribution in [2.45, 2.75) is 71.1 Å². The maximum absolute atomic E-state index is 13.1. The molecule has 0 saturated heterocycles. The summed E-state index contributed by atoms with van der Waals surface area (Å²) in [7, 11) is 0. The maximum atomic E-state index is 13.1. The molecule has 0 aliphatic rings. The van der Waals surface area contributed by atoms with E-state index in [2.05, 4.69) is 27.0 Å². The van der Waals surface area contributed by atoms with Crippen LogP contribution in [0.4, 0.5) is 0 Å². The van der Waals surface area contributed by atoms with Gasteiger partial charge in [-0.3, -0.25) is 24.0 Å². The highest BCUT2D eigenvalue weighted by molar-refractivity contribution is 5.94. The zero-order valence-corrected chi connectivity index (χ0v) is 26.0. The van der Waals surface area contributed by atoms with Gasteiger partial charge in [0.05, 0.1) is 6.54 Å². The average molecular weight is 629 g/mol. The molecule has 14 nitrogen and oxygen atoms in total. The largest absolute Gasteiger partial charge is 0.550 e. The first kappa shape index (κ1) is 38.0. The van der Waals surface area contributed by atoms with Gasteiger partial charge in [0.15, 0.2) is 6.04 Å². The van der Waals surface area contributed by atoms with Crippen LogP contribution in [0.2, 0.25) is 0 Å². The molecule has 2 aromatic carbocycles. The number of phenolic OH excluding ortho intramolecular Hbond substituents is 1. The van der Waals surface area contributed by atoms with Crippen LogP contribution in [0, 0.1) is 5.92 Å². The number of nitrogens with two attached hydrogens (primary N) is 1. The fraction of sp³-hybridized carbons (Fsp3) is 0.419. The number of benzene rings is 2. The number of carboxylic acid groups (broad SMARTS) is 1. The van der Waals surface area contributed by atoms with Crippen molar-refractivity contribution in [1.29, 1.82) is 0 Å². The SMILES string of the molecule is CC(=O)[O-].CC(C)CC(NC(=O)C(Cc1ccccc1)NC(=O)CNC(=O)C(C)NC(=O)C([NH3+])Cc1ccc(O)cc1)C(N)=O. The number of carboxylic acids is 1. The number of amides is 5. The van der Waals surface area contributed by atoms with Gasteiger partial charge in [-0.05, 0) is 49.4 Å². The van der Waals surface area contributed by atoms with Crippen molar-refractivity contribution in [3.8, 4) is 5.75 Å². The Morgan fingerprint density at radius 1 is 0.800 bits per heavy atom. The molecule has 4 unspecified atom stereocenters. The number of aromatic hydroxyl groups is 1. The lowest BCUT2D eigenvalue weighted by molar-refractivity contribution is -0.403. The molecule has 2 aromatic rings. The van der Waals surface area contributed by atoms with Gasteiger partial charge in [0, 0.05) is 18.8 Å². The second-order valence-corrected chi connectivity index (χ2v) is 10.9. The van der Waals surface area contributed by atoms with Crippen molar-refractivity contribution in [3.05, 3.63) is 65.7 Å². The predicted molar refractivity (Wildman–Crippen MR) is 162 cm³/mol. The molecule has 0 fully saturated rings. The second kappa shape index (κ2) is 19.3. The van der Waals surface area contributed by atoms with Crippen molar-refractivity contribution in [1.82, 2.24) is 21.3 Å². The summed E-state index contributed by atoms with van der Waals surface area (Å²) in [5, 5.41) is 28.5. The average Bonchev–Trinajstić information content (AvgIpc) is 2.96. The third kappa shape index (κ3) is 15.9. The van der Waals surface area contributed by atoms with E-state index in [4.69, 9.17) is 15.6 Å². The molecule has 0 radical (unpaired) electrons. The zero-order valence-electron chi connectivity index (χ0n) is 26.0. The molecular weight excluding hydrogens is 584 g/mol. The van der Waals surface area contributed by atoms with Crippen molar-refractivity contribution >= 4 is 35.5 Å². The van der Waals surface area contributed by atoms with E-state index in [1.807, 2.05) is 19.9 Å². The molecule has 0 saturated carbocycles. The van der Waals surface area contributed by atoms with Gasteiger partial charge in [-0.2, -0.15) is 0 Å². The van der Waals surface area contributed by atoms with Crippen LogP contribution in [0.15, 0.2) is 54.6 Å². The summed E-state index contributed by atoms with van der Waals surface area (Å²) in [5.74, 6) is -3.80. The highest BCUT2D eigenvalue weighted by Crippen LogP contribution is 2.11.